The smallest absolute Gasteiger partial charge is 0.268 e. The first-order chi connectivity index (χ1) is 9.24. The molecule has 1 saturated heterocycles. The molecular weight excluding hydrogens is 250 g/mol. The highest BCUT2D eigenvalue weighted by Gasteiger charge is 2.14. The minimum Gasteiger partial charge on any atom is -0.378 e. The molecule has 106 valence electrons. The van der Waals surface area contributed by atoms with Crippen LogP contribution in [-0.2, 0) is 20.8 Å². The third-order valence-corrected chi connectivity index (χ3v) is 3.08. The quantitative estimate of drug-likeness (QED) is 0.684. The summed E-state index contributed by atoms with van der Waals surface area (Å²) >= 11 is 0. The first-order valence-corrected chi connectivity index (χ1v) is 6.20. The summed E-state index contributed by atoms with van der Waals surface area (Å²) in [6, 6.07) is 1.58. The molecule has 0 radical (unpaired) electrons. The summed E-state index contributed by atoms with van der Waals surface area (Å²) in [5, 5.41) is 4.15. The van der Waals surface area contributed by atoms with E-state index in [2.05, 4.69) is 10.00 Å². The Kier molecular flexibility index (Phi) is 4.89. The Labute approximate surface area is 111 Å². The van der Waals surface area contributed by atoms with Crippen molar-refractivity contribution in [3.05, 3.63) is 22.6 Å². The largest absolute Gasteiger partial charge is 0.378 e. The molecular formula is C12H19N3O4. The van der Waals surface area contributed by atoms with Gasteiger partial charge in [0.25, 0.3) is 5.56 Å². The van der Waals surface area contributed by atoms with E-state index in [1.807, 2.05) is 0 Å². The van der Waals surface area contributed by atoms with Gasteiger partial charge in [-0.1, -0.05) is 0 Å². The number of ether oxygens (including phenoxy) is 3. The maximum absolute atomic E-state index is 12.0. The predicted octanol–water partition coefficient (Wildman–Crippen LogP) is -0.301. The SMILES string of the molecule is COC(Cn1ncc(N2CCOCC2)cc1=O)OC. The van der Waals surface area contributed by atoms with Crippen LogP contribution in [0.2, 0.25) is 0 Å². The topological polar surface area (TPSA) is 65.8 Å². The van der Waals surface area contributed by atoms with Crippen LogP contribution in [0, 0.1) is 0 Å². The van der Waals surface area contributed by atoms with Gasteiger partial charge in [-0.25, -0.2) is 4.68 Å². The van der Waals surface area contributed by atoms with Gasteiger partial charge in [0.05, 0.1) is 31.6 Å². The van der Waals surface area contributed by atoms with Crippen LogP contribution in [-0.4, -0.2) is 56.6 Å². The van der Waals surface area contributed by atoms with E-state index in [0.717, 1.165) is 18.8 Å². The molecule has 1 aliphatic rings. The Balaban J connectivity index is 2.10. The molecule has 19 heavy (non-hydrogen) atoms. The van der Waals surface area contributed by atoms with Gasteiger partial charge < -0.3 is 19.1 Å². The third-order valence-electron chi connectivity index (χ3n) is 3.08. The molecule has 1 aliphatic heterocycles. The highest BCUT2D eigenvalue weighted by molar-refractivity contribution is 5.43. The van der Waals surface area contributed by atoms with Crippen LogP contribution in [0.3, 0.4) is 0 Å². The average molecular weight is 269 g/mol. The molecule has 7 heteroatoms. The molecule has 1 aromatic rings. The van der Waals surface area contributed by atoms with Crippen molar-refractivity contribution in [3.63, 3.8) is 0 Å². The summed E-state index contributed by atoms with van der Waals surface area (Å²) in [5.74, 6) is 0. The molecule has 7 nitrogen and oxygen atoms in total. The molecule has 0 bridgehead atoms. The number of anilines is 1. The van der Waals surface area contributed by atoms with Crippen molar-refractivity contribution < 1.29 is 14.2 Å². The summed E-state index contributed by atoms with van der Waals surface area (Å²) in [4.78, 5) is 14.1. The lowest BCUT2D eigenvalue weighted by molar-refractivity contribution is -0.113. The zero-order chi connectivity index (χ0) is 13.7. The fourth-order valence-corrected chi connectivity index (χ4v) is 1.94. The second-order valence-corrected chi connectivity index (χ2v) is 4.23. The third kappa shape index (κ3) is 3.52. The Morgan fingerprint density at radius 3 is 2.63 bits per heavy atom. The van der Waals surface area contributed by atoms with Crippen molar-refractivity contribution in [2.45, 2.75) is 12.8 Å². The van der Waals surface area contributed by atoms with Crippen molar-refractivity contribution in [1.29, 1.82) is 0 Å². The fraction of sp³-hybridized carbons (Fsp3) is 0.667. The molecule has 0 atom stereocenters. The van der Waals surface area contributed by atoms with Gasteiger partial charge in [0.15, 0.2) is 6.29 Å². The molecule has 0 saturated carbocycles. The zero-order valence-electron chi connectivity index (χ0n) is 11.2. The van der Waals surface area contributed by atoms with Crippen LogP contribution in [0.25, 0.3) is 0 Å². The van der Waals surface area contributed by atoms with Gasteiger partial charge in [-0.3, -0.25) is 4.79 Å². The maximum Gasteiger partial charge on any atom is 0.268 e. The van der Waals surface area contributed by atoms with Gasteiger partial charge in [0.1, 0.15) is 0 Å². The number of rotatable bonds is 5. The van der Waals surface area contributed by atoms with E-state index in [1.54, 1.807) is 12.3 Å². The summed E-state index contributed by atoms with van der Waals surface area (Å²) in [7, 11) is 3.06. The molecule has 1 fully saturated rings. The molecule has 2 rings (SSSR count). The second kappa shape index (κ2) is 6.65. The van der Waals surface area contributed by atoms with E-state index in [-0.39, 0.29) is 12.1 Å². The van der Waals surface area contributed by atoms with Crippen molar-refractivity contribution in [3.8, 4) is 0 Å². The highest BCUT2D eigenvalue weighted by atomic mass is 16.7. The van der Waals surface area contributed by atoms with Gasteiger partial charge in [0, 0.05) is 33.4 Å². The van der Waals surface area contributed by atoms with E-state index in [4.69, 9.17) is 14.2 Å². The van der Waals surface area contributed by atoms with Gasteiger partial charge in [-0.05, 0) is 0 Å². The Bertz CT molecular complexity index is 453. The standard InChI is InChI=1S/C12H19N3O4/c1-17-12(18-2)9-15-11(16)7-10(8-13-15)14-3-5-19-6-4-14/h7-8,12H,3-6,9H2,1-2H3. The number of aromatic nitrogens is 2. The van der Waals surface area contributed by atoms with Crippen molar-refractivity contribution in [1.82, 2.24) is 9.78 Å². The van der Waals surface area contributed by atoms with Crippen LogP contribution in [0.1, 0.15) is 0 Å². The van der Waals surface area contributed by atoms with E-state index >= 15 is 0 Å². The van der Waals surface area contributed by atoms with Crippen LogP contribution < -0.4 is 10.5 Å². The monoisotopic (exact) mass is 269 g/mol. The molecule has 0 spiro atoms. The van der Waals surface area contributed by atoms with Gasteiger partial charge in [-0.2, -0.15) is 5.10 Å². The summed E-state index contributed by atoms with van der Waals surface area (Å²) < 4.78 is 16.7. The van der Waals surface area contributed by atoms with E-state index < -0.39 is 6.29 Å². The molecule has 0 aliphatic carbocycles. The molecule has 1 aromatic heterocycles. The molecule has 0 N–H and O–H groups in total. The number of morpholine rings is 1. The lowest BCUT2D eigenvalue weighted by Crippen LogP contribution is -2.38. The second-order valence-electron chi connectivity index (χ2n) is 4.23. The van der Waals surface area contributed by atoms with Crippen LogP contribution in [0.5, 0.6) is 0 Å². The Morgan fingerprint density at radius 1 is 1.37 bits per heavy atom. The Hall–Kier alpha value is -1.44. The first-order valence-electron chi connectivity index (χ1n) is 6.20. The van der Waals surface area contributed by atoms with Gasteiger partial charge >= 0.3 is 0 Å². The summed E-state index contributed by atoms with van der Waals surface area (Å²) in [6.07, 6.45) is 1.22. The number of hydrogen-bond donors (Lipinski definition) is 0. The van der Waals surface area contributed by atoms with Crippen LogP contribution in [0.15, 0.2) is 17.1 Å². The number of hydrogen-bond acceptors (Lipinski definition) is 6. The van der Waals surface area contributed by atoms with Crippen molar-refractivity contribution in [2.24, 2.45) is 0 Å². The molecule has 0 amide bonds. The maximum atomic E-state index is 12.0. The first kappa shape index (κ1) is 14.0. The zero-order valence-corrected chi connectivity index (χ0v) is 11.2. The van der Waals surface area contributed by atoms with Crippen molar-refractivity contribution in [2.75, 3.05) is 45.4 Å². The predicted molar refractivity (Wildman–Crippen MR) is 69.3 cm³/mol. The summed E-state index contributed by atoms with van der Waals surface area (Å²) in [6.45, 7) is 3.19. The minimum absolute atomic E-state index is 0.164. The van der Waals surface area contributed by atoms with Crippen LogP contribution >= 0.6 is 0 Å². The Morgan fingerprint density at radius 2 is 2.05 bits per heavy atom. The molecule has 0 aromatic carbocycles. The minimum atomic E-state index is -0.473. The van der Waals surface area contributed by atoms with E-state index in [1.165, 1.54) is 18.9 Å². The highest BCUT2D eigenvalue weighted by Crippen LogP contribution is 2.11. The lowest BCUT2D eigenvalue weighted by atomic mass is 10.3. The van der Waals surface area contributed by atoms with Gasteiger partial charge in [0.2, 0.25) is 0 Å². The van der Waals surface area contributed by atoms with Gasteiger partial charge in [-0.15, -0.1) is 0 Å². The molecule has 2 heterocycles. The number of nitrogens with zero attached hydrogens (tertiary/aromatic N) is 3. The lowest BCUT2D eigenvalue weighted by Gasteiger charge is -2.28. The molecule has 0 unspecified atom stereocenters. The average Bonchev–Trinajstić information content (AvgIpc) is 2.47. The normalized spacial score (nSPS) is 16.1. The van der Waals surface area contributed by atoms with Crippen molar-refractivity contribution >= 4 is 5.69 Å². The summed E-state index contributed by atoms with van der Waals surface area (Å²) in [5.41, 5.74) is 0.666. The van der Waals surface area contributed by atoms with Crippen LogP contribution in [0.4, 0.5) is 5.69 Å². The number of methoxy groups -OCH3 is 2. The fourth-order valence-electron chi connectivity index (χ4n) is 1.94. The van der Waals surface area contributed by atoms with E-state index in [9.17, 15) is 4.79 Å². The van der Waals surface area contributed by atoms with E-state index in [0.29, 0.717) is 13.2 Å².